The standard InChI is InChI=1S/C16H22O/c1-4-8-14(2)11-15(3)12-17-13-16-9-6-5-7-10-16/h4-7,9-11,14H,1,8,12-13H2,2-3H3/b15-11+. The van der Waals surface area contributed by atoms with Gasteiger partial charge in [0.1, 0.15) is 0 Å². The summed E-state index contributed by atoms with van der Waals surface area (Å²) in [6.07, 6.45) is 5.24. The van der Waals surface area contributed by atoms with Crippen molar-refractivity contribution in [1.82, 2.24) is 0 Å². The van der Waals surface area contributed by atoms with Crippen molar-refractivity contribution in [2.75, 3.05) is 6.61 Å². The highest BCUT2D eigenvalue weighted by Crippen LogP contribution is 2.09. The van der Waals surface area contributed by atoms with Gasteiger partial charge in [-0.2, -0.15) is 0 Å². The Labute approximate surface area is 105 Å². The van der Waals surface area contributed by atoms with Crippen LogP contribution < -0.4 is 0 Å². The predicted molar refractivity (Wildman–Crippen MR) is 73.8 cm³/mol. The highest BCUT2D eigenvalue weighted by molar-refractivity contribution is 5.13. The Hall–Kier alpha value is -1.34. The van der Waals surface area contributed by atoms with Crippen molar-refractivity contribution in [3.05, 3.63) is 60.2 Å². The van der Waals surface area contributed by atoms with Crippen LogP contribution in [-0.2, 0) is 11.3 Å². The molecule has 1 rings (SSSR count). The van der Waals surface area contributed by atoms with Crippen molar-refractivity contribution < 1.29 is 4.74 Å². The van der Waals surface area contributed by atoms with Crippen LogP contribution in [0.4, 0.5) is 0 Å². The molecule has 0 spiro atoms. The number of ether oxygens (including phenoxy) is 1. The molecule has 0 aliphatic rings. The van der Waals surface area contributed by atoms with Crippen molar-refractivity contribution in [1.29, 1.82) is 0 Å². The van der Waals surface area contributed by atoms with Crippen LogP contribution in [0.1, 0.15) is 25.8 Å². The van der Waals surface area contributed by atoms with Crippen LogP contribution in [0, 0.1) is 5.92 Å². The van der Waals surface area contributed by atoms with Gasteiger partial charge in [0.15, 0.2) is 0 Å². The molecule has 0 fully saturated rings. The zero-order valence-electron chi connectivity index (χ0n) is 10.9. The lowest BCUT2D eigenvalue weighted by molar-refractivity contribution is 0.142. The first-order valence-electron chi connectivity index (χ1n) is 6.12. The minimum Gasteiger partial charge on any atom is -0.372 e. The molecule has 1 nitrogen and oxygen atoms in total. The van der Waals surface area contributed by atoms with Gasteiger partial charge in [-0.15, -0.1) is 6.58 Å². The first-order valence-corrected chi connectivity index (χ1v) is 6.12. The molecule has 92 valence electrons. The zero-order chi connectivity index (χ0) is 12.5. The van der Waals surface area contributed by atoms with E-state index in [1.54, 1.807) is 0 Å². The smallest absolute Gasteiger partial charge is 0.0721 e. The van der Waals surface area contributed by atoms with Crippen LogP contribution >= 0.6 is 0 Å². The van der Waals surface area contributed by atoms with Crippen molar-refractivity contribution in [3.8, 4) is 0 Å². The monoisotopic (exact) mass is 230 g/mol. The van der Waals surface area contributed by atoms with Crippen molar-refractivity contribution in [2.24, 2.45) is 5.92 Å². The van der Waals surface area contributed by atoms with Gasteiger partial charge in [-0.25, -0.2) is 0 Å². The Morgan fingerprint density at radius 1 is 1.35 bits per heavy atom. The first kappa shape index (κ1) is 13.7. The molecular weight excluding hydrogens is 208 g/mol. The second-order valence-corrected chi connectivity index (χ2v) is 4.49. The fraction of sp³-hybridized carbons (Fsp3) is 0.375. The number of hydrogen-bond acceptors (Lipinski definition) is 1. The summed E-state index contributed by atoms with van der Waals surface area (Å²) in [5.41, 5.74) is 2.51. The van der Waals surface area contributed by atoms with Gasteiger partial charge in [0.25, 0.3) is 0 Å². The van der Waals surface area contributed by atoms with E-state index < -0.39 is 0 Å². The topological polar surface area (TPSA) is 9.23 Å². The summed E-state index contributed by atoms with van der Waals surface area (Å²) in [6, 6.07) is 10.3. The van der Waals surface area contributed by atoms with Crippen molar-refractivity contribution >= 4 is 0 Å². The van der Waals surface area contributed by atoms with Crippen LogP contribution in [0.3, 0.4) is 0 Å². The lowest BCUT2D eigenvalue weighted by atomic mass is 10.1. The van der Waals surface area contributed by atoms with Crippen LogP contribution in [0.2, 0.25) is 0 Å². The molecule has 0 saturated heterocycles. The summed E-state index contributed by atoms with van der Waals surface area (Å²) in [5.74, 6) is 0.549. The third kappa shape index (κ3) is 6.08. The molecule has 0 amide bonds. The second-order valence-electron chi connectivity index (χ2n) is 4.49. The first-order chi connectivity index (χ1) is 8.22. The molecule has 1 heteroatoms. The molecule has 0 aromatic heterocycles. The molecule has 0 bridgehead atoms. The largest absolute Gasteiger partial charge is 0.372 e. The lowest BCUT2D eigenvalue weighted by Gasteiger charge is -2.07. The normalized spacial score (nSPS) is 13.4. The molecule has 1 aromatic carbocycles. The van der Waals surface area contributed by atoms with E-state index in [2.05, 4.69) is 38.6 Å². The number of hydrogen-bond donors (Lipinski definition) is 0. The van der Waals surface area contributed by atoms with Crippen LogP contribution in [0.25, 0.3) is 0 Å². The average molecular weight is 230 g/mol. The molecule has 1 unspecified atom stereocenters. The maximum Gasteiger partial charge on any atom is 0.0721 e. The Morgan fingerprint density at radius 3 is 2.71 bits per heavy atom. The van der Waals surface area contributed by atoms with Crippen molar-refractivity contribution in [3.63, 3.8) is 0 Å². The molecule has 0 saturated carbocycles. The molecule has 1 atom stereocenters. The average Bonchev–Trinajstić information content (AvgIpc) is 2.30. The number of rotatable bonds is 7. The van der Waals surface area contributed by atoms with Crippen LogP contribution in [0.5, 0.6) is 0 Å². The highest BCUT2D eigenvalue weighted by atomic mass is 16.5. The molecule has 0 aliphatic carbocycles. The van der Waals surface area contributed by atoms with E-state index in [0.717, 1.165) is 6.42 Å². The fourth-order valence-corrected chi connectivity index (χ4v) is 1.77. The SMILES string of the molecule is C=CCC(C)/C=C(\C)COCc1ccccc1. The van der Waals surface area contributed by atoms with Crippen LogP contribution in [0.15, 0.2) is 54.6 Å². The van der Waals surface area contributed by atoms with E-state index in [9.17, 15) is 0 Å². The molecule has 0 aliphatic heterocycles. The molecule has 0 heterocycles. The fourth-order valence-electron chi connectivity index (χ4n) is 1.77. The van der Waals surface area contributed by atoms with Gasteiger partial charge in [-0.3, -0.25) is 0 Å². The van der Waals surface area contributed by atoms with Crippen molar-refractivity contribution in [2.45, 2.75) is 26.9 Å². The summed E-state index contributed by atoms with van der Waals surface area (Å²) in [7, 11) is 0. The summed E-state index contributed by atoms with van der Waals surface area (Å²) in [5, 5.41) is 0. The Bertz CT molecular complexity index is 351. The van der Waals surface area contributed by atoms with E-state index in [4.69, 9.17) is 4.74 Å². The van der Waals surface area contributed by atoms with E-state index in [0.29, 0.717) is 19.1 Å². The number of benzene rings is 1. The second kappa shape index (κ2) is 7.86. The van der Waals surface area contributed by atoms with Crippen LogP contribution in [-0.4, -0.2) is 6.61 Å². The van der Waals surface area contributed by atoms with Gasteiger partial charge < -0.3 is 4.74 Å². The van der Waals surface area contributed by atoms with E-state index >= 15 is 0 Å². The van der Waals surface area contributed by atoms with Gasteiger partial charge >= 0.3 is 0 Å². The summed E-state index contributed by atoms with van der Waals surface area (Å²) in [4.78, 5) is 0. The molecular formula is C16H22O. The third-order valence-electron chi connectivity index (χ3n) is 2.55. The van der Waals surface area contributed by atoms with Gasteiger partial charge in [-0.1, -0.05) is 55.0 Å². The maximum atomic E-state index is 5.67. The zero-order valence-corrected chi connectivity index (χ0v) is 10.9. The number of allylic oxidation sites excluding steroid dienone is 2. The summed E-state index contributed by atoms with van der Waals surface area (Å²) < 4.78 is 5.67. The highest BCUT2D eigenvalue weighted by Gasteiger charge is 1.97. The minimum absolute atomic E-state index is 0.549. The summed E-state index contributed by atoms with van der Waals surface area (Å²) in [6.45, 7) is 9.45. The molecule has 0 radical (unpaired) electrons. The molecule has 17 heavy (non-hydrogen) atoms. The predicted octanol–water partition coefficient (Wildman–Crippen LogP) is 4.36. The molecule has 1 aromatic rings. The Balaban J connectivity index is 2.28. The van der Waals surface area contributed by atoms with Gasteiger partial charge in [0.2, 0.25) is 0 Å². The quantitative estimate of drug-likeness (QED) is 0.632. The maximum absolute atomic E-state index is 5.67. The lowest BCUT2D eigenvalue weighted by Crippen LogP contribution is -1.98. The Morgan fingerprint density at radius 2 is 2.06 bits per heavy atom. The van der Waals surface area contributed by atoms with E-state index in [-0.39, 0.29) is 0 Å². The molecule has 0 N–H and O–H groups in total. The van der Waals surface area contributed by atoms with Gasteiger partial charge in [0, 0.05) is 0 Å². The third-order valence-corrected chi connectivity index (χ3v) is 2.55. The Kier molecular flexibility index (Phi) is 6.34. The van der Waals surface area contributed by atoms with E-state index in [1.165, 1.54) is 11.1 Å². The summed E-state index contributed by atoms with van der Waals surface area (Å²) >= 11 is 0. The minimum atomic E-state index is 0.549. The van der Waals surface area contributed by atoms with E-state index in [1.807, 2.05) is 24.3 Å². The van der Waals surface area contributed by atoms with Gasteiger partial charge in [-0.05, 0) is 24.8 Å². The van der Waals surface area contributed by atoms with Gasteiger partial charge in [0.05, 0.1) is 13.2 Å².